The van der Waals surface area contributed by atoms with Crippen molar-refractivity contribution < 1.29 is 4.74 Å². The second kappa shape index (κ2) is 3.66. The van der Waals surface area contributed by atoms with Gasteiger partial charge in [-0.05, 0) is 17.5 Å². The molecule has 78 valence electrons. The molecule has 3 nitrogen and oxygen atoms in total. The molecule has 1 unspecified atom stereocenters. The lowest BCUT2D eigenvalue weighted by atomic mass is 9.97. The number of benzene rings is 1. The lowest BCUT2D eigenvalue weighted by Crippen LogP contribution is -2.31. The Morgan fingerprint density at radius 3 is 3.13 bits per heavy atom. The molecule has 1 atom stereocenters. The van der Waals surface area contributed by atoms with E-state index in [1.807, 2.05) is 0 Å². The smallest absolute Gasteiger partial charge is 0.140 e. The minimum atomic E-state index is 0.0393. The molecule has 3 rings (SSSR count). The highest BCUT2D eigenvalue weighted by Crippen LogP contribution is 2.27. The summed E-state index contributed by atoms with van der Waals surface area (Å²) >= 11 is 0. The van der Waals surface area contributed by atoms with Crippen molar-refractivity contribution in [3.8, 4) is 0 Å². The summed E-state index contributed by atoms with van der Waals surface area (Å²) < 4.78 is 5.80. The fourth-order valence-corrected chi connectivity index (χ4v) is 2.21. The van der Waals surface area contributed by atoms with Gasteiger partial charge in [-0.3, -0.25) is 4.99 Å². The van der Waals surface area contributed by atoms with E-state index in [1.54, 1.807) is 0 Å². The van der Waals surface area contributed by atoms with Gasteiger partial charge in [0.1, 0.15) is 11.9 Å². The van der Waals surface area contributed by atoms with E-state index in [0.29, 0.717) is 0 Å². The van der Waals surface area contributed by atoms with Crippen molar-refractivity contribution in [2.75, 3.05) is 19.7 Å². The molecule has 2 heterocycles. The highest BCUT2D eigenvalue weighted by molar-refractivity contribution is 5.89. The van der Waals surface area contributed by atoms with Crippen LogP contribution in [0.1, 0.15) is 17.2 Å². The zero-order valence-electron chi connectivity index (χ0n) is 8.57. The van der Waals surface area contributed by atoms with Crippen molar-refractivity contribution in [1.29, 1.82) is 0 Å². The van der Waals surface area contributed by atoms with Crippen molar-refractivity contribution in [3.05, 3.63) is 35.4 Å². The van der Waals surface area contributed by atoms with E-state index in [0.717, 1.165) is 32.0 Å². The van der Waals surface area contributed by atoms with Gasteiger partial charge in [0.25, 0.3) is 0 Å². The minimum absolute atomic E-state index is 0.0393. The fraction of sp³-hybridized carbons (Fsp3) is 0.417. The van der Waals surface area contributed by atoms with E-state index in [1.165, 1.54) is 11.1 Å². The van der Waals surface area contributed by atoms with Gasteiger partial charge in [-0.2, -0.15) is 0 Å². The molecule has 0 spiro atoms. The standard InChI is InChI=1S/C12H14N2O/c1-2-4-10-9(3-1)5-8-15-11(10)12-13-6-7-14-12/h1-4,11H,5-8H2,(H,13,14). The summed E-state index contributed by atoms with van der Waals surface area (Å²) in [6.07, 6.45) is 1.05. The van der Waals surface area contributed by atoms with Gasteiger partial charge >= 0.3 is 0 Å². The van der Waals surface area contributed by atoms with E-state index < -0.39 is 0 Å². The number of rotatable bonds is 1. The second-order valence-corrected chi connectivity index (χ2v) is 3.89. The number of fused-ring (bicyclic) bond motifs is 1. The van der Waals surface area contributed by atoms with Gasteiger partial charge in [-0.25, -0.2) is 0 Å². The molecular weight excluding hydrogens is 188 g/mol. The lowest BCUT2D eigenvalue weighted by Gasteiger charge is -2.26. The average molecular weight is 202 g/mol. The Morgan fingerprint density at radius 1 is 1.33 bits per heavy atom. The highest BCUT2D eigenvalue weighted by Gasteiger charge is 2.26. The molecule has 3 heteroatoms. The first kappa shape index (κ1) is 8.92. The molecule has 1 aromatic rings. The van der Waals surface area contributed by atoms with Crippen molar-refractivity contribution in [2.24, 2.45) is 4.99 Å². The topological polar surface area (TPSA) is 33.6 Å². The zero-order chi connectivity index (χ0) is 10.1. The normalized spacial score (nSPS) is 24.3. The number of nitrogens with zero attached hydrogens (tertiary/aromatic N) is 1. The number of amidine groups is 1. The van der Waals surface area contributed by atoms with E-state index >= 15 is 0 Å². The van der Waals surface area contributed by atoms with Crippen molar-refractivity contribution in [1.82, 2.24) is 5.32 Å². The molecule has 0 bridgehead atoms. The third-order valence-electron chi connectivity index (χ3n) is 2.94. The van der Waals surface area contributed by atoms with Crippen LogP contribution in [0.4, 0.5) is 0 Å². The van der Waals surface area contributed by atoms with Crippen LogP contribution in [0, 0.1) is 0 Å². The lowest BCUT2D eigenvalue weighted by molar-refractivity contribution is 0.0860. The largest absolute Gasteiger partial charge is 0.369 e. The van der Waals surface area contributed by atoms with Gasteiger partial charge < -0.3 is 10.1 Å². The molecule has 2 aliphatic heterocycles. The maximum atomic E-state index is 5.80. The van der Waals surface area contributed by atoms with Crippen LogP contribution in [0.3, 0.4) is 0 Å². The van der Waals surface area contributed by atoms with Crippen LogP contribution in [-0.4, -0.2) is 25.5 Å². The third-order valence-corrected chi connectivity index (χ3v) is 2.94. The van der Waals surface area contributed by atoms with Crippen molar-refractivity contribution in [2.45, 2.75) is 12.5 Å². The van der Waals surface area contributed by atoms with Gasteiger partial charge in [0, 0.05) is 6.54 Å². The third kappa shape index (κ3) is 1.53. The van der Waals surface area contributed by atoms with Gasteiger partial charge in [0.05, 0.1) is 13.2 Å². The minimum Gasteiger partial charge on any atom is -0.369 e. The van der Waals surface area contributed by atoms with Crippen LogP contribution in [0.5, 0.6) is 0 Å². The van der Waals surface area contributed by atoms with Gasteiger partial charge in [0.15, 0.2) is 0 Å². The summed E-state index contributed by atoms with van der Waals surface area (Å²) in [5.41, 5.74) is 2.67. The Bertz CT molecular complexity index is 400. The number of ether oxygens (including phenoxy) is 1. The SMILES string of the molecule is c1ccc2c(c1)CCOC2C1=NCCN1. The Morgan fingerprint density at radius 2 is 2.27 bits per heavy atom. The number of hydrogen-bond acceptors (Lipinski definition) is 3. The molecule has 0 saturated heterocycles. The molecule has 2 aliphatic rings. The van der Waals surface area contributed by atoms with Crippen molar-refractivity contribution in [3.63, 3.8) is 0 Å². The van der Waals surface area contributed by atoms with Crippen LogP contribution >= 0.6 is 0 Å². The monoisotopic (exact) mass is 202 g/mol. The van der Waals surface area contributed by atoms with Crippen LogP contribution < -0.4 is 5.32 Å². The molecule has 1 aromatic carbocycles. The zero-order valence-corrected chi connectivity index (χ0v) is 8.57. The summed E-state index contributed by atoms with van der Waals surface area (Å²) in [5, 5.41) is 3.29. The maximum absolute atomic E-state index is 5.80. The number of aliphatic imine (C=N–C) groups is 1. The second-order valence-electron chi connectivity index (χ2n) is 3.89. The predicted molar refractivity (Wildman–Crippen MR) is 59.1 cm³/mol. The van der Waals surface area contributed by atoms with E-state index in [9.17, 15) is 0 Å². The fourth-order valence-electron chi connectivity index (χ4n) is 2.21. The van der Waals surface area contributed by atoms with Crippen LogP contribution in [-0.2, 0) is 11.2 Å². The van der Waals surface area contributed by atoms with Gasteiger partial charge in [-0.15, -0.1) is 0 Å². The van der Waals surface area contributed by atoms with Crippen LogP contribution in [0.2, 0.25) is 0 Å². The van der Waals surface area contributed by atoms with Gasteiger partial charge in [-0.1, -0.05) is 24.3 Å². The molecule has 0 aliphatic carbocycles. The number of hydrogen-bond donors (Lipinski definition) is 1. The van der Waals surface area contributed by atoms with Gasteiger partial charge in [0.2, 0.25) is 0 Å². The molecule has 0 amide bonds. The predicted octanol–water partition coefficient (Wildman–Crippen LogP) is 1.30. The Balaban J connectivity index is 1.98. The van der Waals surface area contributed by atoms with E-state index in [2.05, 4.69) is 34.6 Å². The first-order chi connectivity index (χ1) is 7.45. The molecule has 0 saturated carbocycles. The first-order valence-corrected chi connectivity index (χ1v) is 5.43. The molecule has 15 heavy (non-hydrogen) atoms. The molecule has 0 fully saturated rings. The molecule has 0 radical (unpaired) electrons. The van der Waals surface area contributed by atoms with Crippen LogP contribution in [0.15, 0.2) is 29.3 Å². The van der Waals surface area contributed by atoms with E-state index in [4.69, 9.17) is 4.74 Å². The maximum Gasteiger partial charge on any atom is 0.140 e. The summed E-state index contributed by atoms with van der Waals surface area (Å²) in [5.74, 6) is 1.00. The quantitative estimate of drug-likeness (QED) is 0.744. The summed E-state index contributed by atoms with van der Waals surface area (Å²) in [7, 11) is 0. The summed E-state index contributed by atoms with van der Waals surface area (Å²) in [6.45, 7) is 2.61. The Labute approximate surface area is 89.2 Å². The first-order valence-electron chi connectivity index (χ1n) is 5.43. The van der Waals surface area contributed by atoms with Crippen LogP contribution in [0.25, 0.3) is 0 Å². The number of nitrogens with one attached hydrogen (secondary N) is 1. The Kier molecular flexibility index (Phi) is 2.18. The molecule has 1 N–H and O–H groups in total. The van der Waals surface area contributed by atoms with E-state index in [-0.39, 0.29) is 6.10 Å². The summed E-state index contributed by atoms with van der Waals surface area (Å²) in [6, 6.07) is 8.48. The highest BCUT2D eigenvalue weighted by atomic mass is 16.5. The average Bonchev–Trinajstić information content (AvgIpc) is 2.82. The van der Waals surface area contributed by atoms with Crippen molar-refractivity contribution >= 4 is 5.84 Å². The summed E-state index contributed by atoms with van der Waals surface area (Å²) in [4.78, 5) is 4.44. The molecule has 0 aromatic heterocycles. The Hall–Kier alpha value is -1.35. The molecular formula is C12H14N2O.